The predicted octanol–water partition coefficient (Wildman–Crippen LogP) is 2.53. The number of amides is 2. The Morgan fingerprint density at radius 3 is 2.69 bits per heavy atom. The number of anilines is 1. The number of hydrogen-bond acceptors (Lipinski definition) is 7. The number of rotatable bonds is 10. The predicted molar refractivity (Wildman–Crippen MR) is 109 cm³/mol. The molecule has 0 fully saturated rings. The third-order valence-electron chi connectivity index (χ3n) is 3.80. The molecule has 0 aliphatic heterocycles. The van der Waals surface area contributed by atoms with Crippen molar-refractivity contribution in [1.29, 1.82) is 0 Å². The second-order valence-corrected chi connectivity index (χ2v) is 6.83. The van der Waals surface area contributed by atoms with Crippen molar-refractivity contribution in [2.45, 2.75) is 19.4 Å². The highest BCUT2D eigenvalue weighted by Crippen LogP contribution is 2.28. The van der Waals surface area contributed by atoms with Crippen LogP contribution in [-0.4, -0.2) is 37.6 Å². The molecule has 1 heterocycles. The van der Waals surface area contributed by atoms with E-state index in [2.05, 4.69) is 11.9 Å². The van der Waals surface area contributed by atoms with E-state index in [9.17, 15) is 14.4 Å². The standard InChI is InChI=1S/C20H22N2O6S/c1-4-5-13-6-7-15(16(10-13)26-3)27-11-17(23)28-12(2)19(25)22-20-14(18(21)24)8-9-29-20/h4,6-10,12H,1,5,11H2,2-3H3,(H2,21,24)(H,22,25)/t12-/m0/s1. The van der Waals surface area contributed by atoms with E-state index in [-0.39, 0.29) is 5.56 Å². The molecule has 2 amide bonds. The molecule has 2 rings (SSSR count). The quantitative estimate of drug-likeness (QED) is 0.452. The van der Waals surface area contributed by atoms with Crippen molar-refractivity contribution >= 4 is 34.1 Å². The van der Waals surface area contributed by atoms with Gasteiger partial charge in [0.1, 0.15) is 5.00 Å². The molecule has 29 heavy (non-hydrogen) atoms. The number of esters is 1. The summed E-state index contributed by atoms with van der Waals surface area (Å²) in [7, 11) is 1.50. The Morgan fingerprint density at radius 1 is 1.28 bits per heavy atom. The number of carbonyl (C=O) groups is 3. The zero-order chi connectivity index (χ0) is 21.4. The van der Waals surface area contributed by atoms with Crippen molar-refractivity contribution in [1.82, 2.24) is 0 Å². The average Bonchev–Trinajstić information content (AvgIpc) is 3.15. The van der Waals surface area contributed by atoms with E-state index in [4.69, 9.17) is 19.9 Å². The van der Waals surface area contributed by atoms with E-state index in [1.54, 1.807) is 23.6 Å². The van der Waals surface area contributed by atoms with Gasteiger partial charge in [0.2, 0.25) is 0 Å². The molecular formula is C20H22N2O6S. The van der Waals surface area contributed by atoms with E-state index in [0.29, 0.717) is 22.9 Å². The number of nitrogens with one attached hydrogen (secondary N) is 1. The SMILES string of the molecule is C=CCc1ccc(OCC(=O)O[C@@H](C)C(=O)Nc2sccc2C(N)=O)c(OC)c1. The summed E-state index contributed by atoms with van der Waals surface area (Å²) in [6.07, 6.45) is 1.35. The molecule has 0 spiro atoms. The van der Waals surface area contributed by atoms with E-state index in [1.807, 2.05) is 6.07 Å². The maximum absolute atomic E-state index is 12.2. The largest absolute Gasteiger partial charge is 0.493 e. The van der Waals surface area contributed by atoms with Crippen LogP contribution in [0, 0.1) is 0 Å². The molecule has 154 valence electrons. The Bertz CT molecular complexity index is 908. The van der Waals surface area contributed by atoms with Crippen LogP contribution in [0.25, 0.3) is 0 Å². The molecule has 0 aliphatic rings. The molecule has 1 aromatic carbocycles. The van der Waals surface area contributed by atoms with E-state index in [1.165, 1.54) is 20.1 Å². The van der Waals surface area contributed by atoms with Crippen LogP contribution in [0.5, 0.6) is 11.5 Å². The fourth-order valence-corrected chi connectivity index (χ4v) is 3.16. The van der Waals surface area contributed by atoms with Gasteiger partial charge < -0.3 is 25.3 Å². The fraction of sp³-hybridized carbons (Fsp3) is 0.250. The smallest absolute Gasteiger partial charge is 0.344 e. The van der Waals surface area contributed by atoms with Gasteiger partial charge in [-0.25, -0.2) is 4.79 Å². The van der Waals surface area contributed by atoms with Gasteiger partial charge in [0.15, 0.2) is 24.2 Å². The maximum atomic E-state index is 12.2. The third-order valence-corrected chi connectivity index (χ3v) is 4.63. The highest BCUT2D eigenvalue weighted by Gasteiger charge is 2.21. The molecule has 8 nitrogen and oxygen atoms in total. The average molecular weight is 418 g/mol. The Kier molecular flexibility index (Phi) is 7.79. The van der Waals surface area contributed by atoms with Gasteiger partial charge in [0, 0.05) is 0 Å². The number of methoxy groups -OCH3 is 1. The lowest BCUT2D eigenvalue weighted by molar-refractivity contribution is -0.155. The van der Waals surface area contributed by atoms with Gasteiger partial charge >= 0.3 is 5.97 Å². The van der Waals surface area contributed by atoms with Gasteiger partial charge in [0.05, 0.1) is 12.7 Å². The van der Waals surface area contributed by atoms with Crippen molar-refractivity contribution < 1.29 is 28.6 Å². The van der Waals surface area contributed by atoms with Crippen molar-refractivity contribution in [2.75, 3.05) is 19.0 Å². The molecule has 2 aromatic rings. The Labute approximate surface area is 172 Å². The van der Waals surface area contributed by atoms with Crippen molar-refractivity contribution in [3.8, 4) is 11.5 Å². The summed E-state index contributed by atoms with van der Waals surface area (Å²) in [5.74, 6) is -1.13. The molecule has 0 bridgehead atoms. The van der Waals surface area contributed by atoms with E-state index < -0.39 is 30.5 Å². The van der Waals surface area contributed by atoms with Crippen LogP contribution >= 0.6 is 11.3 Å². The van der Waals surface area contributed by atoms with Gasteiger partial charge in [-0.3, -0.25) is 9.59 Å². The van der Waals surface area contributed by atoms with Crippen LogP contribution in [0.1, 0.15) is 22.8 Å². The molecular weight excluding hydrogens is 396 g/mol. The number of primary amides is 1. The molecule has 1 aromatic heterocycles. The van der Waals surface area contributed by atoms with Crippen LogP contribution in [0.15, 0.2) is 42.3 Å². The lowest BCUT2D eigenvalue weighted by Crippen LogP contribution is -2.32. The summed E-state index contributed by atoms with van der Waals surface area (Å²) in [6.45, 7) is 4.69. The molecule has 9 heteroatoms. The molecule has 1 atom stereocenters. The van der Waals surface area contributed by atoms with Crippen LogP contribution in [0.3, 0.4) is 0 Å². The van der Waals surface area contributed by atoms with Crippen molar-refractivity contribution in [2.24, 2.45) is 5.73 Å². The summed E-state index contributed by atoms with van der Waals surface area (Å²) in [5.41, 5.74) is 6.41. The molecule has 0 saturated heterocycles. The molecule has 0 unspecified atom stereocenters. The second-order valence-electron chi connectivity index (χ2n) is 5.92. The van der Waals surface area contributed by atoms with Gasteiger partial charge in [0.25, 0.3) is 11.8 Å². The highest BCUT2D eigenvalue weighted by atomic mass is 32.1. The van der Waals surface area contributed by atoms with Crippen LogP contribution in [0.4, 0.5) is 5.00 Å². The summed E-state index contributed by atoms with van der Waals surface area (Å²) < 4.78 is 15.8. The van der Waals surface area contributed by atoms with E-state index >= 15 is 0 Å². The summed E-state index contributed by atoms with van der Waals surface area (Å²) in [4.78, 5) is 35.5. The number of hydrogen-bond donors (Lipinski definition) is 2. The fourth-order valence-electron chi connectivity index (χ4n) is 2.36. The van der Waals surface area contributed by atoms with Gasteiger partial charge in [-0.1, -0.05) is 12.1 Å². The Hall–Kier alpha value is -3.33. The number of allylic oxidation sites excluding steroid dienone is 1. The lowest BCUT2D eigenvalue weighted by atomic mass is 10.1. The minimum Gasteiger partial charge on any atom is -0.493 e. The number of thiophene rings is 1. The zero-order valence-electron chi connectivity index (χ0n) is 16.1. The summed E-state index contributed by atoms with van der Waals surface area (Å²) in [5, 5.41) is 4.44. The second kappa shape index (κ2) is 10.3. The van der Waals surface area contributed by atoms with Crippen LogP contribution in [0.2, 0.25) is 0 Å². The first kappa shape index (κ1) is 22.0. The first-order chi connectivity index (χ1) is 13.8. The van der Waals surface area contributed by atoms with Gasteiger partial charge in [-0.15, -0.1) is 17.9 Å². The van der Waals surface area contributed by atoms with Gasteiger partial charge in [-0.2, -0.15) is 0 Å². The summed E-state index contributed by atoms with van der Waals surface area (Å²) >= 11 is 1.14. The van der Waals surface area contributed by atoms with Crippen molar-refractivity contribution in [3.05, 3.63) is 53.4 Å². The Morgan fingerprint density at radius 2 is 2.03 bits per heavy atom. The van der Waals surface area contributed by atoms with Crippen molar-refractivity contribution in [3.63, 3.8) is 0 Å². The third kappa shape index (κ3) is 6.08. The first-order valence-electron chi connectivity index (χ1n) is 8.64. The number of ether oxygens (including phenoxy) is 3. The monoisotopic (exact) mass is 418 g/mol. The lowest BCUT2D eigenvalue weighted by Gasteiger charge is -2.15. The highest BCUT2D eigenvalue weighted by molar-refractivity contribution is 7.14. The van der Waals surface area contributed by atoms with Gasteiger partial charge in [-0.05, 0) is 42.5 Å². The number of carbonyl (C=O) groups excluding carboxylic acids is 3. The first-order valence-corrected chi connectivity index (χ1v) is 9.52. The molecule has 0 aliphatic carbocycles. The normalized spacial score (nSPS) is 11.2. The minimum absolute atomic E-state index is 0.192. The van der Waals surface area contributed by atoms with Crippen LogP contribution in [-0.2, 0) is 20.7 Å². The number of nitrogens with two attached hydrogens (primary N) is 1. The minimum atomic E-state index is -1.09. The van der Waals surface area contributed by atoms with E-state index in [0.717, 1.165) is 16.9 Å². The van der Waals surface area contributed by atoms with Crippen LogP contribution < -0.4 is 20.5 Å². The summed E-state index contributed by atoms with van der Waals surface area (Å²) in [6, 6.07) is 6.80. The molecule has 3 N–H and O–H groups in total. The zero-order valence-corrected chi connectivity index (χ0v) is 16.9. The molecule has 0 saturated carbocycles. The Balaban J connectivity index is 1.90. The molecule has 0 radical (unpaired) electrons. The number of benzene rings is 1. The maximum Gasteiger partial charge on any atom is 0.344 e. The topological polar surface area (TPSA) is 117 Å².